The van der Waals surface area contributed by atoms with Gasteiger partial charge in [-0.05, 0) is 30.7 Å². The Balaban J connectivity index is 1.78. The zero-order valence-electron chi connectivity index (χ0n) is 13.4. The summed E-state index contributed by atoms with van der Waals surface area (Å²) < 4.78 is 5.25. The second-order valence-electron chi connectivity index (χ2n) is 5.29. The molecule has 0 bridgehead atoms. The summed E-state index contributed by atoms with van der Waals surface area (Å²) in [6.07, 6.45) is 0.376. The molecule has 0 heterocycles. The van der Waals surface area contributed by atoms with Crippen molar-refractivity contribution in [3.05, 3.63) is 58.6 Å². The van der Waals surface area contributed by atoms with Gasteiger partial charge in [-0.25, -0.2) is 0 Å². The summed E-state index contributed by atoms with van der Waals surface area (Å²) in [6, 6.07) is 13.4. The predicted octanol–water partition coefficient (Wildman–Crippen LogP) is 3.78. The summed E-state index contributed by atoms with van der Waals surface area (Å²) >= 11 is 5.97. The van der Waals surface area contributed by atoms with E-state index in [0.717, 1.165) is 11.3 Å². The van der Waals surface area contributed by atoms with Crippen molar-refractivity contribution in [2.24, 2.45) is 0 Å². The third-order valence-corrected chi connectivity index (χ3v) is 3.64. The number of nitrogens with one attached hydrogen (secondary N) is 2. The molecule has 0 aliphatic rings. The molecule has 0 fully saturated rings. The number of aryl methyl sites for hydroxylation is 1. The summed E-state index contributed by atoms with van der Waals surface area (Å²) in [5.74, 6) is 0.703. The normalized spacial score (nSPS) is 10.2. The van der Waals surface area contributed by atoms with Gasteiger partial charge in [0.05, 0.1) is 12.8 Å². The van der Waals surface area contributed by atoms with Crippen LogP contribution in [0.15, 0.2) is 42.5 Å². The maximum Gasteiger partial charge on any atom is 0.222 e. The number of hydrogen-bond acceptors (Lipinski definition) is 3. The van der Waals surface area contributed by atoms with Crippen molar-refractivity contribution in [1.82, 2.24) is 5.32 Å². The second kappa shape index (κ2) is 8.44. The molecule has 1 amide bonds. The maximum atomic E-state index is 11.9. The molecule has 4 nitrogen and oxygen atoms in total. The lowest BCUT2D eigenvalue weighted by molar-refractivity contribution is -0.121. The Morgan fingerprint density at radius 1 is 1.22 bits per heavy atom. The molecule has 5 heteroatoms. The maximum absolute atomic E-state index is 11.9. The molecule has 2 aromatic rings. The molecule has 0 aliphatic heterocycles. The lowest BCUT2D eigenvalue weighted by Crippen LogP contribution is -2.24. The monoisotopic (exact) mass is 332 g/mol. The highest BCUT2D eigenvalue weighted by Gasteiger charge is 2.05. The number of amides is 1. The highest BCUT2D eigenvalue weighted by atomic mass is 35.5. The van der Waals surface area contributed by atoms with Crippen LogP contribution in [0.4, 0.5) is 5.69 Å². The average molecular weight is 333 g/mol. The number of methoxy groups -OCH3 is 1. The topological polar surface area (TPSA) is 50.4 Å². The first kappa shape index (κ1) is 17.2. The van der Waals surface area contributed by atoms with Gasteiger partial charge >= 0.3 is 0 Å². The standard InChI is InChI=1S/C18H21ClN2O2/c1-13-4-3-5-14(10-13)12-21-18(22)8-9-20-16-11-15(19)6-7-17(16)23-2/h3-7,10-11,20H,8-9,12H2,1-2H3,(H,21,22). The van der Waals surface area contributed by atoms with Crippen LogP contribution in [0.2, 0.25) is 5.02 Å². The predicted molar refractivity (Wildman–Crippen MR) is 94.1 cm³/mol. The molecular weight excluding hydrogens is 312 g/mol. The third-order valence-electron chi connectivity index (χ3n) is 3.40. The molecule has 2 rings (SSSR count). The molecule has 0 spiro atoms. The number of ether oxygens (including phenoxy) is 1. The van der Waals surface area contributed by atoms with E-state index in [9.17, 15) is 4.79 Å². The van der Waals surface area contributed by atoms with E-state index in [4.69, 9.17) is 16.3 Å². The summed E-state index contributed by atoms with van der Waals surface area (Å²) in [5, 5.41) is 6.71. The summed E-state index contributed by atoms with van der Waals surface area (Å²) in [5.41, 5.74) is 3.07. The van der Waals surface area contributed by atoms with Gasteiger partial charge in [-0.1, -0.05) is 41.4 Å². The molecule has 0 radical (unpaired) electrons. The largest absolute Gasteiger partial charge is 0.495 e. The minimum Gasteiger partial charge on any atom is -0.495 e. The number of rotatable bonds is 7. The van der Waals surface area contributed by atoms with Gasteiger partial charge < -0.3 is 15.4 Å². The Kier molecular flexibility index (Phi) is 6.29. The van der Waals surface area contributed by atoms with Crippen LogP contribution < -0.4 is 15.4 Å². The molecule has 0 aromatic heterocycles. The zero-order valence-corrected chi connectivity index (χ0v) is 14.1. The fourth-order valence-corrected chi connectivity index (χ4v) is 2.41. The van der Waals surface area contributed by atoms with Crippen LogP contribution in [-0.4, -0.2) is 19.6 Å². The van der Waals surface area contributed by atoms with Crippen LogP contribution >= 0.6 is 11.6 Å². The van der Waals surface area contributed by atoms with E-state index in [1.807, 2.05) is 25.1 Å². The Labute approximate surface area is 141 Å². The molecule has 0 aliphatic carbocycles. The zero-order chi connectivity index (χ0) is 16.7. The van der Waals surface area contributed by atoms with Gasteiger partial charge in [0.1, 0.15) is 5.75 Å². The van der Waals surface area contributed by atoms with Crippen LogP contribution in [-0.2, 0) is 11.3 Å². The molecule has 0 saturated heterocycles. The summed E-state index contributed by atoms with van der Waals surface area (Å²) in [4.78, 5) is 11.9. The number of carbonyl (C=O) groups excluding carboxylic acids is 1. The van der Waals surface area contributed by atoms with Crippen LogP contribution in [0, 0.1) is 6.92 Å². The molecule has 122 valence electrons. The van der Waals surface area contributed by atoms with Gasteiger partial charge in [-0.15, -0.1) is 0 Å². The van der Waals surface area contributed by atoms with Crippen LogP contribution in [0.1, 0.15) is 17.5 Å². The Morgan fingerprint density at radius 3 is 2.78 bits per heavy atom. The fourth-order valence-electron chi connectivity index (χ4n) is 2.24. The van der Waals surface area contributed by atoms with E-state index in [2.05, 4.69) is 16.7 Å². The van der Waals surface area contributed by atoms with E-state index >= 15 is 0 Å². The first-order valence-electron chi connectivity index (χ1n) is 7.48. The Hall–Kier alpha value is -2.20. The summed E-state index contributed by atoms with van der Waals surface area (Å²) in [7, 11) is 1.60. The highest BCUT2D eigenvalue weighted by Crippen LogP contribution is 2.27. The lowest BCUT2D eigenvalue weighted by atomic mass is 10.1. The van der Waals surface area contributed by atoms with Crippen molar-refractivity contribution in [1.29, 1.82) is 0 Å². The third kappa shape index (κ3) is 5.49. The first-order chi connectivity index (χ1) is 11.1. The van der Waals surface area contributed by atoms with E-state index < -0.39 is 0 Å². The van der Waals surface area contributed by atoms with Crippen molar-refractivity contribution >= 4 is 23.2 Å². The van der Waals surface area contributed by atoms with Crippen LogP contribution in [0.5, 0.6) is 5.75 Å². The average Bonchev–Trinajstić information content (AvgIpc) is 2.53. The number of carbonyl (C=O) groups is 1. The fraction of sp³-hybridized carbons (Fsp3) is 0.278. The van der Waals surface area contributed by atoms with Gasteiger partial charge in [0.25, 0.3) is 0 Å². The lowest BCUT2D eigenvalue weighted by Gasteiger charge is -2.11. The van der Waals surface area contributed by atoms with Gasteiger partial charge in [-0.3, -0.25) is 4.79 Å². The number of halogens is 1. The SMILES string of the molecule is COc1ccc(Cl)cc1NCCC(=O)NCc1cccc(C)c1. The molecule has 2 aromatic carbocycles. The van der Waals surface area contributed by atoms with Crippen LogP contribution in [0.25, 0.3) is 0 Å². The molecule has 2 N–H and O–H groups in total. The summed E-state index contributed by atoms with van der Waals surface area (Å²) in [6.45, 7) is 3.09. The van der Waals surface area contributed by atoms with Gasteiger partial charge in [0, 0.05) is 24.5 Å². The smallest absolute Gasteiger partial charge is 0.222 e. The van der Waals surface area contributed by atoms with Crippen molar-refractivity contribution in [2.45, 2.75) is 19.9 Å². The molecule has 23 heavy (non-hydrogen) atoms. The van der Waals surface area contributed by atoms with E-state index in [-0.39, 0.29) is 5.91 Å². The quantitative estimate of drug-likeness (QED) is 0.811. The number of anilines is 1. The molecule has 0 unspecified atom stereocenters. The molecule has 0 atom stereocenters. The number of benzene rings is 2. The van der Waals surface area contributed by atoms with E-state index in [1.54, 1.807) is 25.3 Å². The number of hydrogen-bond donors (Lipinski definition) is 2. The Morgan fingerprint density at radius 2 is 2.04 bits per heavy atom. The van der Waals surface area contributed by atoms with E-state index in [1.165, 1.54) is 5.56 Å². The molecular formula is C18H21ClN2O2. The second-order valence-corrected chi connectivity index (χ2v) is 5.72. The van der Waals surface area contributed by atoms with Crippen molar-refractivity contribution in [3.63, 3.8) is 0 Å². The Bertz CT molecular complexity index is 674. The van der Waals surface area contributed by atoms with Gasteiger partial charge in [0.2, 0.25) is 5.91 Å². The minimum atomic E-state index is 0.000000945. The van der Waals surface area contributed by atoms with Crippen LogP contribution in [0.3, 0.4) is 0 Å². The van der Waals surface area contributed by atoms with Crippen molar-refractivity contribution in [2.75, 3.05) is 19.0 Å². The van der Waals surface area contributed by atoms with E-state index in [0.29, 0.717) is 30.3 Å². The van der Waals surface area contributed by atoms with Gasteiger partial charge in [-0.2, -0.15) is 0 Å². The highest BCUT2D eigenvalue weighted by molar-refractivity contribution is 6.30. The van der Waals surface area contributed by atoms with Crippen molar-refractivity contribution < 1.29 is 9.53 Å². The van der Waals surface area contributed by atoms with Gasteiger partial charge in [0.15, 0.2) is 0 Å². The first-order valence-corrected chi connectivity index (χ1v) is 7.86. The molecule has 0 saturated carbocycles. The minimum absolute atomic E-state index is 0.000000945. The van der Waals surface area contributed by atoms with Crippen molar-refractivity contribution in [3.8, 4) is 5.75 Å².